The summed E-state index contributed by atoms with van der Waals surface area (Å²) in [4.78, 5) is 28.5. The molecule has 0 bridgehead atoms. The number of thioether (sulfide) groups is 1. The third-order valence-electron chi connectivity index (χ3n) is 4.36. The molecule has 0 saturated carbocycles. The molecule has 0 spiro atoms. The Morgan fingerprint density at radius 3 is 2.74 bits per heavy atom. The molecule has 2 atom stereocenters. The zero-order valence-corrected chi connectivity index (χ0v) is 16.5. The number of rotatable bonds is 5. The lowest BCUT2D eigenvalue weighted by atomic mass is 10.1. The van der Waals surface area contributed by atoms with Crippen molar-refractivity contribution in [2.75, 3.05) is 29.6 Å². The molecule has 2 fully saturated rings. The van der Waals surface area contributed by atoms with E-state index in [0.29, 0.717) is 5.17 Å². The van der Waals surface area contributed by atoms with Gasteiger partial charge in [0, 0.05) is 10.9 Å². The van der Waals surface area contributed by atoms with Crippen molar-refractivity contribution in [3.63, 3.8) is 0 Å². The van der Waals surface area contributed by atoms with Crippen LogP contribution in [0.4, 0.5) is 5.69 Å². The zero-order chi connectivity index (χ0) is 19.8. The van der Waals surface area contributed by atoms with Gasteiger partial charge in [-0.25, -0.2) is 13.2 Å². The summed E-state index contributed by atoms with van der Waals surface area (Å²) < 4.78 is 29.0. The van der Waals surface area contributed by atoms with Gasteiger partial charge in [-0.15, -0.1) is 0 Å². The Hall–Kier alpha value is -1.91. The molecule has 2 aliphatic rings. The Labute approximate surface area is 161 Å². The molecule has 1 N–H and O–H groups in total. The predicted molar refractivity (Wildman–Crippen MR) is 103 cm³/mol. The molecule has 0 radical (unpaired) electrons. The van der Waals surface area contributed by atoms with E-state index in [9.17, 15) is 18.0 Å². The lowest BCUT2D eigenvalue weighted by Gasteiger charge is -2.26. The minimum Gasteiger partial charge on any atom is -0.480 e. The first kappa shape index (κ1) is 19.8. The van der Waals surface area contributed by atoms with Crippen molar-refractivity contribution in [1.82, 2.24) is 0 Å². The Morgan fingerprint density at radius 2 is 2.04 bits per heavy atom. The molecular formula is C17H20N2O6S2. The van der Waals surface area contributed by atoms with Crippen molar-refractivity contribution >= 4 is 44.3 Å². The number of nitrogens with zero attached hydrogens (tertiary/aromatic N) is 2. The molecule has 0 aliphatic carbocycles. The van der Waals surface area contributed by atoms with Gasteiger partial charge in [0.1, 0.15) is 13.2 Å². The highest BCUT2D eigenvalue weighted by Gasteiger charge is 2.49. The van der Waals surface area contributed by atoms with E-state index in [4.69, 9.17) is 9.84 Å². The second-order valence-electron chi connectivity index (χ2n) is 6.64. The van der Waals surface area contributed by atoms with Crippen LogP contribution in [0.25, 0.3) is 0 Å². The number of amidine groups is 1. The molecule has 2 heterocycles. The van der Waals surface area contributed by atoms with Crippen molar-refractivity contribution in [2.24, 2.45) is 4.99 Å². The van der Waals surface area contributed by atoms with Crippen LogP contribution < -0.4 is 4.90 Å². The highest BCUT2D eigenvalue weighted by Crippen LogP contribution is 2.42. The highest BCUT2D eigenvalue weighted by molar-refractivity contribution is 8.16. The number of carbonyl (C=O) groups excluding carboxylic acids is 1. The highest BCUT2D eigenvalue weighted by atomic mass is 32.2. The van der Waals surface area contributed by atoms with E-state index in [0.717, 1.165) is 16.8 Å². The molecule has 8 nitrogen and oxygen atoms in total. The molecule has 1 amide bonds. The Morgan fingerprint density at radius 1 is 1.30 bits per heavy atom. The Kier molecular flexibility index (Phi) is 5.59. The van der Waals surface area contributed by atoms with E-state index < -0.39 is 34.9 Å². The number of benzene rings is 1. The number of fused-ring (bicyclic) bond motifs is 1. The van der Waals surface area contributed by atoms with E-state index in [2.05, 4.69) is 4.99 Å². The quantitative estimate of drug-likeness (QED) is 0.762. The Bertz CT molecular complexity index is 912. The van der Waals surface area contributed by atoms with E-state index in [1.165, 1.54) is 11.8 Å². The number of amides is 1. The van der Waals surface area contributed by atoms with E-state index in [-0.39, 0.29) is 22.8 Å². The summed E-state index contributed by atoms with van der Waals surface area (Å²) in [6, 6.07) is 5.57. The van der Waals surface area contributed by atoms with Crippen molar-refractivity contribution in [3.05, 3.63) is 29.3 Å². The fourth-order valence-electron chi connectivity index (χ4n) is 3.19. The van der Waals surface area contributed by atoms with Gasteiger partial charge in [0.15, 0.2) is 15.0 Å². The van der Waals surface area contributed by atoms with Crippen LogP contribution in [0.2, 0.25) is 0 Å². The Balaban J connectivity index is 1.91. The monoisotopic (exact) mass is 412 g/mol. The number of hydrogen-bond donors (Lipinski definition) is 1. The first-order chi connectivity index (χ1) is 12.7. The van der Waals surface area contributed by atoms with Crippen LogP contribution in [0, 0.1) is 13.8 Å². The summed E-state index contributed by atoms with van der Waals surface area (Å²) in [5.74, 6) is -1.70. The molecule has 146 valence electrons. The molecule has 0 unspecified atom stereocenters. The van der Waals surface area contributed by atoms with Crippen molar-refractivity contribution in [1.29, 1.82) is 0 Å². The average molecular weight is 412 g/mol. The molecule has 1 aromatic rings. The molecule has 27 heavy (non-hydrogen) atoms. The summed E-state index contributed by atoms with van der Waals surface area (Å²) >= 11 is 1.27. The van der Waals surface area contributed by atoms with Gasteiger partial charge < -0.3 is 14.7 Å². The topological polar surface area (TPSA) is 113 Å². The first-order valence-electron chi connectivity index (χ1n) is 8.31. The molecule has 2 aliphatic heterocycles. The van der Waals surface area contributed by atoms with Gasteiger partial charge in [-0.2, -0.15) is 4.99 Å². The van der Waals surface area contributed by atoms with Gasteiger partial charge in [0.25, 0.3) is 5.91 Å². The van der Waals surface area contributed by atoms with Crippen LogP contribution in [0.1, 0.15) is 11.1 Å². The van der Waals surface area contributed by atoms with Crippen molar-refractivity contribution in [3.8, 4) is 0 Å². The molecular weight excluding hydrogens is 392 g/mol. The number of aliphatic imine (C=N–C) groups is 1. The maximum Gasteiger partial charge on any atom is 0.329 e. The van der Waals surface area contributed by atoms with Gasteiger partial charge in [-0.05, 0) is 31.0 Å². The molecule has 0 aromatic heterocycles. The smallest absolute Gasteiger partial charge is 0.329 e. The van der Waals surface area contributed by atoms with E-state index >= 15 is 0 Å². The van der Waals surface area contributed by atoms with E-state index in [1.54, 1.807) is 0 Å². The minimum atomic E-state index is -3.14. The van der Waals surface area contributed by atoms with Gasteiger partial charge in [-0.1, -0.05) is 23.9 Å². The summed E-state index contributed by atoms with van der Waals surface area (Å²) in [6.45, 7) is 2.85. The van der Waals surface area contributed by atoms with Gasteiger partial charge in [0.2, 0.25) is 0 Å². The van der Waals surface area contributed by atoms with Gasteiger partial charge in [-0.3, -0.25) is 4.79 Å². The standard InChI is InChI=1S/C17H20N2O6S2/c1-10-3-4-11(2)12(5-10)19-13-8-27(23,24)9-14(13)26-17(19)18-15(20)6-25-7-16(21)22/h3-5,13-14H,6-9H2,1-2H3,(H,21,22)/t13-,14-/m0/s1. The zero-order valence-electron chi connectivity index (χ0n) is 14.9. The summed E-state index contributed by atoms with van der Waals surface area (Å²) in [7, 11) is -3.14. The SMILES string of the molecule is Cc1ccc(C)c(N2C(=NC(=O)COCC(=O)O)S[C@H]3CS(=O)(=O)C[C@@H]32)c1. The maximum absolute atomic E-state index is 12.1. The second-order valence-corrected chi connectivity index (χ2v) is 10.00. The molecule has 2 saturated heterocycles. The maximum atomic E-state index is 12.1. The van der Waals surface area contributed by atoms with Crippen LogP contribution in [-0.2, 0) is 24.2 Å². The number of ether oxygens (including phenoxy) is 1. The third-order valence-corrected chi connectivity index (χ3v) is 7.57. The fourth-order valence-corrected chi connectivity index (χ4v) is 7.11. The van der Waals surface area contributed by atoms with Crippen molar-refractivity contribution < 1.29 is 27.9 Å². The number of carbonyl (C=O) groups is 2. The largest absolute Gasteiger partial charge is 0.480 e. The second kappa shape index (κ2) is 7.61. The van der Waals surface area contributed by atoms with Crippen LogP contribution in [0.5, 0.6) is 0 Å². The van der Waals surface area contributed by atoms with Crippen LogP contribution in [-0.4, -0.2) is 66.6 Å². The molecule has 1 aromatic carbocycles. The van der Waals surface area contributed by atoms with Gasteiger partial charge in [0.05, 0.1) is 17.5 Å². The average Bonchev–Trinajstić information content (AvgIpc) is 3.00. The van der Waals surface area contributed by atoms with Crippen LogP contribution in [0.15, 0.2) is 23.2 Å². The van der Waals surface area contributed by atoms with Gasteiger partial charge >= 0.3 is 5.97 Å². The molecule has 3 rings (SSSR count). The number of carboxylic acid groups (broad SMARTS) is 1. The summed E-state index contributed by atoms with van der Waals surface area (Å²) in [5, 5.41) is 8.81. The number of hydrogen-bond acceptors (Lipinski definition) is 6. The lowest BCUT2D eigenvalue weighted by molar-refractivity contribution is -0.143. The molecule has 10 heteroatoms. The number of aliphatic carboxylic acids is 1. The van der Waals surface area contributed by atoms with E-state index in [1.807, 2.05) is 36.9 Å². The summed E-state index contributed by atoms with van der Waals surface area (Å²) in [5.41, 5.74) is 2.79. The third kappa shape index (κ3) is 4.50. The number of anilines is 1. The first-order valence-corrected chi connectivity index (χ1v) is 11.0. The summed E-state index contributed by atoms with van der Waals surface area (Å²) in [6.07, 6.45) is 0. The normalized spacial score (nSPS) is 25.0. The number of sulfone groups is 1. The predicted octanol–water partition coefficient (Wildman–Crippen LogP) is 1.01. The van der Waals surface area contributed by atoms with Crippen LogP contribution >= 0.6 is 11.8 Å². The van der Waals surface area contributed by atoms with Crippen LogP contribution in [0.3, 0.4) is 0 Å². The number of carboxylic acids is 1. The van der Waals surface area contributed by atoms with Crippen molar-refractivity contribution in [2.45, 2.75) is 25.1 Å². The minimum absolute atomic E-state index is 0.0147. The lowest BCUT2D eigenvalue weighted by Crippen LogP contribution is -2.38. The number of aryl methyl sites for hydroxylation is 2. The fraction of sp³-hybridized carbons (Fsp3) is 0.471.